The Morgan fingerprint density at radius 3 is 2.57 bits per heavy atom. The summed E-state index contributed by atoms with van der Waals surface area (Å²) in [6, 6.07) is 8.03. The highest BCUT2D eigenvalue weighted by Crippen LogP contribution is 2.15. The number of carbonyl (C=O) groups excluding carboxylic acids is 1. The van der Waals surface area contributed by atoms with Crippen LogP contribution in [0.5, 0.6) is 0 Å². The number of para-hydroxylation sites is 1. The predicted molar refractivity (Wildman–Crippen MR) is 84.5 cm³/mol. The molecule has 0 fully saturated rings. The van der Waals surface area contributed by atoms with Crippen molar-refractivity contribution >= 4 is 11.8 Å². The minimum atomic E-state index is -0.457. The van der Waals surface area contributed by atoms with Crippen molar-refractivity contribution in [2.45, 2.75) is 39.4 Å². The van der Waals surface area contributed by atoms with Gasteiger partial charge in [0.15, 0.2) is 0 Å². The van der Waals surface area contributed by atoms with Gasteiger partial charge in [-0.2, -0.15) is 0 Å². The Hall–Kier alpha value is -1.75. The average molecular weight is 294 g/mol. The van der Waals surface area contributed by atoms with Gasteiger partial charge in [0.1, 0.15) is 5.60 Å². The number of alkyl carbamates (subject to hydrolysis) is 1. The van der Waals surface area contributed by atoms with Crippen LogP contribution in [0.15, 0.2) is 24.3 Å². The molecule has 0 aliphatic carbocycles. The summed E-state index contributed by atoms with van der Waals surface area (Å²) in [5.41, 5.74) is 1.73. The van der Waals surface area contributed by atoms with Crippen LogP contribution in [-0.4, -0.2) is 31.9 Å². The summed E-state index contributed by atoms with van der Waals surface area (Å²) in [6.07, 6.45) is 0.447. The maximum atomic E-state index is 11.5. The molecular weight excluding hydrogens is 268 g/mol. The van der Waals surface area contributed by atoms with E-state index in [-0.39, 0.29) is 6.09 Å². The topological polar surface area (TPSA) is 59.6 Å². The van der Waals surface area contributed by atoms with Crippen LogP contribution >= 0.6 is 0 Å². The van der Waals surface area contributed by atoms with Crippen molar-refractivity contribution in [3.8, 4) is 0 Å². The van der Waals surface area contributed by atoms with Crippen LogP contribution < -0.4 is 10.6 Å². The molecule has 0 saturated carbocycles. The van der Waals surface area contributed by atoms with Crippen molar-refractivity contribution < 1.29 is 14.3 Å². The summed E-state index contributed by atoms with van der Waals surface area (Å²) in [5, 5.41) is 6.09. The summed E-state index contributed by atoms with van der Waals surface area (Å²) < 4.78 is 10.3. The average Bonchev–Trinajstić information content (AvgIpc) is 2.38. The molecule has 0 saturated heterocycles. The third-order valence-electron chi connectivity index (χ3n) is 2.65. The molecule has 21 heavy (non-hydrogen) atoms. The number of rotatable bonds is 7. The van der Waals surface area contributed by atoms with Gasteiger partial charge in [-0.1, -0.05) is 18.2 Å². The molecular formula is C16H26N2O3. The number of ether oxygens (including phenoxy) is 2. The molecule has 0 aliphatic heterocycles. The van der Waals surface area contributed by atoms with E-state index >= 15 is 0 Å². The van der Waals surface area contributed by atoms with E-state index in [0.717, 1.165) is 24.2 Å². The van der Waals surface area contributed by atoms with Crippen LogP contribution in [0.25, 0.3) is 0 Å². The summed E-state index contributed by atoms with van der Waals surface area (Å²) in [5.74, 6) is 0. The van der Waals surface area contributed by atoms with Crippen molar-refractivity contribution in [3.63, 3.8) is 0 Å². The zero-order valence-corrected chi connectivity index (χ0v) is 13.4. The van der Waals surface area contributed by atoms with E-state index in [4.69, 9.17) is 9.47 Å². The summed E-state index contributed by atoms with van der Waals surface area (Å²) in [7, 11) is 1.68. The van der Waals surface area contributed by atoms with Gasteiger partial charge in [0.2, 0.25) is 0 Å². The van der Waals surface area contributed by atoms with Gasteiger partial charge in [-0.15, -0.1) is 0 Å². The van der Waals surface area contributed by atoms with Crippen molar-refractivity contribution in [1.82, 2.24) is 5.32 Å². The molecule has 5 nitrogen and oxygen atoms in total. The van der Waals surface area contributed by atoms with Gasteiger partial charge in [0.05, 0.1) is 6.61 Å². The molecule has 1 rings (SSSR count). The highest BCUT2D eigenvalue weighted by molar-refractivity contribution is 5.67. The summed E-state index contributed by atoms with van der Waals surface area (Å²) >= 11 is 0. The van der Waals surface area contributed by atoms with Crippen molar-refractivity contribution in [2.24, 2.45) is 0 Å². The number of hydrogen-bond acceptors (Lipinski definition) is 4. The predicted octanol–water partition coefficient (Wildman–Crippen LogP) is 3.16. The van der Waals surface area contributed by atoms with E-state index in [9.17, 15) is 4.79 Å². The molecule has 0 aliphatic rings. The number of nitrogens with one attached hydrogen (secondary N) is 2. The lowest BCUT2D eigenvalue weighted by Gasteiger charge is -2.19. The molecule has 0 atom stereocenters. The zero-order valence-electron chi connectivity index (χ0n) is 13.4. The minimum Gasteiger partial charge on any atom is -0.444 e. The Bertz CT molecular complexity index is 441. The van der Waals surface area contributed by atoms with Gasteiger partial charge >= 0.3 is 6.09 Å². The fourth-order valence-electron chi connectivity index (χ4n) is 1.79. The molecule has 0 unspecified atom stereocenters. The lowest BCUT2D eigenvalue weighted by atomic mass is 10.2. The second kappa shape index (κ2) is 8.52. The normalized spacial score (nSPS) is 11.0. The number of benzene rings is 1. The van der Waals surface area contributed by atoms with Gasteiger partial charge in [0.25, 0.3) is 0 Å². The van der Waals surface area contributed by atoms with E-state index in [1.807, 2.05) is 45.0 Å². The van der Waals surface area contributed by atoms with Crippen molar-refractivity contribution in [1.29, 1.82) is 0 Å². The Morgan fingerprint density at radius 1 is 1.19 bits per heavy atom. The SMILES string of the molecule is COCc1ccccc1NCCCNC(=O)OC(C)(C)C. The first-order valence-corrected chi connectivity index (χ1v) is 7.20. The zero-order chi connectivity index (χ0) is 15.7. The van der Waals surface area contributed by atoms with Gasteiger partial charge in [0, 0.05) is 31.5 Å². The van der Waals surface area contributed by atoms with Gasteiger partial charge in [-0.3, -0.25) is 0 Å². The molecule has 1 aromatic rings. The standard InChI is InChI=1S/C16H26N2O3/c1-16(2,3)21-15(19)18-11-7-10-17-14-9-6-5-8-13(14)12-20-4/h5-6,8-9,17H,7,10-12H2,1-4H3,(H,18,19). The highest BCUT2D eigenvalue weighted by Gasteiger charge is 2.15. The van der Waals surface area contributed by atoms with Crippen molar-refractivity contribution in [3.05, 3.63) is 29.8 Å². The fraction of sp³-hybridized carbons (Fsp3) is 0.562. The minimum absolute atomic E-state index is 0.373. The third-order valence-corrected chi connectivity index (χ3v) is 2.65. The first-order chi connectivity index (χ1) is 9.92. The molecule has 1 aromatic carbocycles. The Balaban J connectivity index is 2.24. The van der Waals surface area contributed by atoms with E-state index in [1.165, 1.54) is 0 Å². The smallest absolute Gasteiger partial charge is 0.407 e. The maximum Gasteiger partial charge on any atom is 0.407 e. The molecule has 0 bridgehead atoms. The van der Waals surface area contributed by atoms with Gasteiger partial charge in [-0.05, 0) is 33.3 Å². The molecule has 0 spiro atoms. The monoisotopic (exact) mass is 294 g/mol. The first kappa shape index (κ1) is 17.3. The van der Waals surface area contributed by atoms with Crippen LogP contribution in [0.1, 0.15) is 32.8 Å². The quantitative estimate of drug-likeness (QED) is 0.758. The molecule has 0 heterocycles. The Kier molecular flexibility index (Phi) is 7.02. The lowest BCUT2D eigenvalue weighted by Crippen LogP contribution is -2.33. The first-order valence-electron chi connectivity index (χ1n) is 7.20. The largest absolute Gasteiger partial charge is 0.444 e. The number of hydrogen-bond donors (Lipinski definition) is 2. The second-order valence-corrected chi connectivity index (χ2v) is 5.80. The summed E-state index contributed by atoms with van der Waals surface area (Å²) in [6.45, 7) is 7.48. The van der Waals surface area contributed by atoms with Crippen LogP contribution in [0.3, 0.4) is 0 Å². The Morgan fingerprint density at radius 2 is 1.90 bits per heavy atom. The van der Waals surface area contributed by atoms with Crippen LogP contribution in [0.4, 0.5) is 10.5 Å². The highest BCUT2D eigenvalue weighted by atomic mass is 16.6. The van der Waals surface area contributed by atoms with Gasteiger partial charge in [-0.25, -0.2) is 4.79 Å². The van der Waals surface area contributed by atoms with Crippen LogP contribution in [-0.2, 0) is 16.1 Å². The number of methoxy groups -OCH3 is 1. The molecule has 5 heteroatoms. The molecule has 0 aromatic heterocycles. The number of carbonyl (C=O) groups is 1. The molecule has 1 amide bonds. The summed E-state index contributed by atoms with van der Waals surface area (Å²) in [4.78, 5) is 11.5. The second-order valence-electron chi connectivity index (χ2n) is 5.80. The molecule has 0 radical (unpaired) electrons. The maximum absolute atomic E-state index is 11.5. The third kappa shape index (κ3) is 7.56. The lowest BCUT2D eigenvalue weighted by molar-refractivity contribution is 0.0528. The Labute approximate surface area is 127 Å². The van der Waals surface area contributed by atoms with E-state index in [1.54, 1.807) is 7.11 Å². The van der Waals surface area contributed by atoms with Crippen LogP contribution in [0.2, 0.25) is 0 Å². The van der Waals surface area contributed by atoms with Gasteiger partial charge < -0.3 is 20.1 Å². The van der Waals surface area contributed by atoms with E-state index in [0.29, 0.717) is 13.2 Å². The molecule has 2 N–H and O–H groups in total. The number of anilines is 1. The van der Waals surface area contributed by atoms with Crippen molar-refractivity contribution in [2.75, 3.05) is 25.5 Å². The van der Waals surface area contributed by atoms with Crippen LogP contribution in [0, 0.1) is 0 Å². The van der Waals surface area contributed by atoms with E-state index in [2.05, 4.69) is 10.6 Å². The molecule has 118 valence electrons. The fourth-order valence-corrected chi connectivity index (χ4v) is 1.79. The number of amides is 1. The van der Waals surface area contributed by atoms with E-state index < -0.39 is 5.60 Å².